The molecular weight excluding hydrogens is 695 g/mol. The van der Waals surface area contributed by atoms with Crippen LogP contribution < -0.4 is 5.32 Å². The summed E-state index contributed by atoms with van der Waals surface area (Å²) < 4.78 is 11.2. The lowest BCUT2D eigenvalue weighted by Crippen LogP contribution is -2.60. The number of hydrogen-bond donors (Lipinski definition) is 6. The van der Waals surface area contributed by atoms with E-state index in [-0.39, 0.29) is 12.5 Å². The van der Waals surface area contributed by atoms with Crippen molar-refractivity contribution in [3.63, 3.8) is 0 Å². The minimum Gasteiger partial charge on any atom is -0.394 e. The van der Waals surface area contributed by atoms with Gasteiger partial charge >= 0.3 is 0 Å². The second kappa shape index (κ2) is 36.7. The summed E-state index contributed by atoms with van der Waals surface area (Å²) in [6, 6.07) is -0.818. The maximum atomic E-state index is 12.9. The molecule has 1 saturated heterocycles. The fraction of sp³-hybridized carbons (Fsp3) is 0.848. The van der Waals surface area contributed by atoms with Gasteiger partial charge in [-0.05, 0) is 57.8 Å². The maximum Gasteiger partial charge on any atom is 0.220 e. The summed E-state index contributed by atoms with van der Waals surface area (Å²) in [5.74, 6) is -0.191. The van der Waals surface area contributed by atoms with Gasteiger partial charge in [0.15, 0.2) is 6.29 Å². The Hall–Kier alpha value is -1.59. The quantitative estimate of drug-likeness (QED) is 0.0270. The van der Waals surface area contributed by atoms with Crippen LogP contribution in [-0.2, 0) is 14.3 Å². The fourth-order valence-corrected chi connectivity index (χ4v) is 6.99. The van der Waals surface area contributed by atoms with Gasteiger partial charge in [-0.25, -0.2) is 0 Å². The van der Waals surface area contributed by atoms with E-state index in [1.807, 2.05) is 6.08 Å². The monoisotopic (exact) mass is 780 g/mol. The Kier molecular flexibility index (Phi) is 34.3. The van der Waals surface area contributed by atoms with Crippen LogP contribution in [0.5, 0.6) is 0 Å². The van der Waals surface area contributed by atoms with Crippen LogP contribution in [0.2, 0.25) is 0 Å². The first-order valence-corrected chi connectivity index (χ1v) is 22.7. The minimum atomic E-state index is -1.57. The predicted octanol–water partition coefficient (Wildman–Crippen LogP) is 9.28. The van der Waals surface area contributed by atoms with Gasteiger partial charge in [-0.2, -0.15) is 0 Å². The number of carbonyl (C=O) groups is 1. The third kappa shape index (κ3) is 27.6. The molecule has 6 N–H and O–H groups in total. The van der Waals surface area contributed by atoms with Gasteiger partial charge in [-0.1, -0.05) is 166 Å². The maximum absolute atomic E-state index is 12.9. The van der Waals surface area contributed by atoms with Crippen molar-refractivity contribution >= 4 is 5.91 Å². The number of allylic oxidation sites excluding steroid dienone is 5. The van der Waals surface area contributed by atoms with Crippen LogP contribution in [0, 0.1) is 0 Å². The first-order chi connectivity index (χ1) is 26.8. The number of hydrogen-bond acceptors (Lipinski definition) is 8. The molecule has 0 aromatic heterocycles. The topological polar surface area (TPSA) is 149 Å². The van der Waals surface area contributed by atoms with Crippen molar-refractivity contribution in [2.75, 3.05) is 13.2 Å². The fourth-order valence-electron chi connectivity index (χ4n) is 6.99. The Labute approximate surface area is 336 Å². The molecule has 7 unspecified atom stereocenters. The van der Waals surface area contributed by atoms with Crippen LogP contribution in [0.25, 0.3) is 0 Å². The van der Waals surface area contributed by atoms with Crippen molar-refractivity contribution in [2.45, 2.75) is 236 Å². The molecule has 0 aromatic carbocycles. The summed E-state index contributed by atoms with van der Waals surface area (Å²) in [5, 5.41) is 53.9. The van der Waals surface area contributed by atoms with Crippen molar-refractivity contribution < 1.29 is 39.8 Å². The summed E-state index contributed by atoms with van der Waals surface area (Å²) >= 11 is 0. The molecule has 9 heteroatoms. The zero-order valence-electron chi connectivity index (χ0n) is 35.2. The molecule has 0 spiro atoms. The van der Waals surface area contributed by atoms with Gasteiger partial charge < -0.3 is 40.3 Å². The highest BCUT2D eigenvalue weighted by atomic mass is 16.7. The smallest absolute Gasteiger partial charge is 0.220 e. The van der Waals surface area contributed by atoms with Crippen LogP contribution in [0.1, 0.15) is 194 Å². The lowest BCUT2D eigenvalue weighted by Gasteiger charge is -2.40. The van der Waals surface area contributed by atoms with Gasteiger partial charge in [0.25, 0.3) is 0 Å². The Morgan fingerprint density at radius 2 is 1.04 bits per heavy atom. The molecule has 1 fully saturated rings. The molecule has 55 heavy (non-hydrogen) atoms. The second-order valence-corrected chi connectivity index (χ2v) is 15.8. The Morgan fingerprint density at radius 1 is 0.600 bits per heavy atom. The molecule has 1 amide bonds. The second-order valence-electron chi connectivity index (χ2n) is 15.8. The highest BCUT2D eigenvalue weighted by molar-refractivity contribution is 5.76. The molecule has 1 heterocycles. The largest absolute Gasteiger partial charge is 0.394 e. The number of amides is 1. The van der Waals surface area contributed by atoms with E-state index in [4.69, 9.17) is 9.47 Å². The molecule has 7 atom stereocenters. The molecule has 322 valence electrons. The average Bonchev–Trinajstić information content (AvgIpc) is 3.18. The van der Waals surface area contributed by atoms with Gasteiger partial charge in [0, 0.05) is 6.42 Å². The standard InChI is InChI=1S/C46H85NO8/c1-3-5-7-9-11-13-14-15-16-17-18-19-20-21-22-23-24-25-26-28-30-32-34-36-42(50)47-39(40(49)35-33-31-29-27-12-10-8-6-4-2)38-54-46-45(53)44(52)43(51)41(37-48)55-46/h12,17-18,27,33,35,39-41,43-46,48-49,51-53H,3-11,13-16,19-26,28-32,34,36-38H2,1-2H3,(H,47,50)/b18-17-,27-12+,35-33+. The van der Waals surface area contributed by atoms with Crippen LogP contribution in [0.15, 0.2) is 36.5 Å². The van der Waals surface area contributed by atoms with E-state index >= 15 is 0 Å². The summed E-state index contributed by atoms with van der Waals surface area (Å²) in [5.41, 5.74) is 0. The van der Waals surface area contributed by atoms with Gasteiger partial charge in [0.1, 0.15) is 24.4 Å². The third-order valence-electron chi connectivity index (χ3n) is 10.7. The SMILES string of the molecule is CCCCC/C=C/CC/C=C/C(O)C(COC1OC(CO)C(O)C(O)C1O)NC(=O)CCCCCCCCCCCCC/C=C\CCCCCCCCCC. The number of rotatable bonds is 37. The van der Waals surface area contributed by atoms with Crippen molar-refractivity contribution in [1.29, 1.82) is 0 Å². The van der Waals surface area contributed by atoms with E-state index in [9.17, 15) is 30.3 Å². The van der Waals surface area contributed by atoms with Crippen molar-refractivity contribution in [3.05, 3.63) is 36.5 Å². The van der Waals surface area contributed by atoms with E-state index in [0.717, 1.165) is 38.5 Å². The third-order valence-corrected chi connectivity index (χ3v) is 10.7. The minimum absolute atomic E-state index is 0.191. The van der Waals surface area contributed by atoms with Crippen molar-refractivity contribution in [1.82, 2.24) is 5.32 Å². The summed E-state index contributed by atoms with van der Waals surface area (Å²) in [7, 11) is 0. The molecule has 0 bridgehead atoms. The zero-order valence-corrected chi connectivity index (χ0v) is 35.2. The number of carbonyl (C=O) groups excluding carboxylic acids is 1. The molecule has 0 radical (unpaired) electrons. The van der Waals surface area contributed by atoms with E-state index in [1.54, 1.807) is 6.08 Å². The Bertz CT molecular complexity index is 956. The van der Waals surface area contributed by atoms with E-state index in [0.29, 0.717) is 6.42 Å². The molecule has 0 aromatic rings. The van der Waals surface area contributed by atoms with Gasteiger partial charge in [-0.3, -0.25) is 4.79 Å². The van der Waals surface area contributed by atoms with Crippen LogP contribution in [0.3, 0.4) is 0 Å². The van der Waals surface area contributed by atoms with Gasteiger partial charge in [0.2, 0.25) is 5.91 Å². The Morgan fingerprint density at radius 3 is 1.56 bits per heavy atom. The van der Waals surface area contributed by atoms with E-state index in [2.05, 4.69) is 43.5 Å². The average molecular weight is 780 g/mol. The molecule has 1 rings (SSSR count). The number of aliphatic hydroxyl groups is 5. The van der Waals surface area contributed by atoms with E-state index in [1.165, 1.54) is 135 Å². The number of nitrogens with one attached hydrogen (secondary N) is 1. The predicted molar refractivity (Wildman–Crippen MR) is 226 cm³/mol. The number of ether oxygens (including phenoxy) is 2. The molecule has 0 saturated carbocycles. The zero-order chi connectivity index (χ0) is 40.2. The lowest BCUT2D eigenvalue weighted by atomic mass is 9.99. The van der Waals surface area contributed by atoms with Crippen molar-refractivity contribution in [2.24, 2.45) is 0 Å². The van der Waals surface area contributed by atoms with Crippen LogP contribution in [-0.4, -0.2) is 87.5 Å². The highest BCUT2D eigenvalue weighted by Gasteiger charge is 2.44. The van der Waals surface area contributed by atoms with Crippen molar-refractivity contribution in [3.8, 4) is 0 Å². The molecular formula is C46H85NO8. The number of unbranched alkanes of at least 4 members (excludes halogenated alkanes) is 23. The van der Waals surface area contributed by atoms with Gasteiger partial charge in [-0.15, -0.1) is 0 Å². The van der Waals surface area contributed by atoms with Crippen LogP contribution >= 0.6 is 0 Å². The van der Waals surface area contributed by atoms with E-state index < -0.39 is 49.5 Å². The number of aliphatic hydroxyl groups excluding tert-OH is 5. The summed E-state index contributed by atoms with van der Waals surface area (Å²) in [6.07, 6.45) is 37.8. The van der Waals surface area contributed by atoms with Gasteiger partial charge in [0.05, 0.1) is 25.4 Å². The molecule has 1 aliphatic rings. The van der Waals surface area contributed by atoms with Crippen LogP contribution in [0.4, 0.5) is 0 Å². The molecule has 0 aliphatic carbocycles. The first-order valence-electron chi connectivity index (χ1n) is 22.7. The highest BCUT2D eigenvalue weighted by Crippen LogP contribution is 2.22. The molecule has 9 nitrogen and oxygen atoms in total. The lowest BCUT2D eigenvalue weighted by molar-refractivity contribution is -0.302. The summed E-state index contributed by atoms with van der Waals surface area (Å²) in [4.78, 5) is 12.9. The summed E-state index contributed by atoms with van der Waals surface area (Å²) in [6.45, 7) is 3.69. The first kappa shape index (κ1) is 51.4. The Balaban J connectivity index is 2.25. The normalized spacial score (nSPS) is 21.6. The molecule has 1 aliphatic heterocycles.